The summed E-state index contributed by atoms with van der Waals surface area (Å²) in [5.41, 5.74) is 3.60. The van der Waals surface area contributed by atoms with Gasteiger partial charge in [-0.25, -0.2) is 4.98 Å². The molecular formula is C21H19F3N2O4S. The first-order valence-electron chi connectivity index (χ1n) is 9.08. The van der Waals surface area contributed by atoms with Gasteiger partial charge in [-0.3, -0.25) is 4.79 Å². The Bertz CT molecular complexity index is 993. The van der Waals surface area contributed by atoms with Crippen molar-refractivity contribution in [3.8, 4) is 17.2 Å². The van der Waals surface area contributed by atoms with E-state index in [0.717, 1.165) is 5.69 Å². The fourth-order valence-electron chi connectivity index (χ4n) is 2.54. The first kappa shape index (κ1) is 22.4. The summed E-state index contributed by atoms with van der Waals surface area (Å²) in [6.45, 7) is -0.870. The van der Waals surface area contributed by atoms with Crippen molar-refractivity contribution in [2.75, 3.05) is 13.7 Å². The molecule has 6 nitrogen and oxygen atoms in total. The van der Waals surface area contributed by atoms with Crippen LogP contribution in [0.3, 0.4) is 0 Å². The van der Waals surface area contributed by atoms with E-state index >= 15 is 0 Å². The van der Waals surface area contributed by atoms with E-state index < -0.39 is 12.8 Å². The lowest BCUT2D eigenvalue weighted by Gasteiger charge is -2.12. The van der Waals surface area contributed by atoms with Crippen LogP contribution in [0.4, 0.5) is 13.2 Å². The summed E-state index contributed by atoms with van der Waals surface area (Å²) in [5, 5.41) is 4.63. The van der Waals surface area contributed by atoms with Gasteiger partial charge in [-0.15, -0.1) is 11.3 Å². The van der Waals surface area contributed by atoms with Gasteiger partial charge in [0.2, 0.25) is 0 Å². The molecule has 1 aromatic heterocycles. The molecule has 0 atom stereocenters. The van der Waals surface area contributed by atoms with E-state index in [0.29, 0.717) is 22.6 Å². The number of halogens is 3. The molecule has 0 radical (unpaired) electrons. The third-order valence-corrected chi connectivity index (χ3v) is 4.70. The maximum Gasteiger partial charge on any atom is 0.422 e. The molecule has 3 rings (SSSR count). The summed E-state index contributed by atoms with van der Waals surface area (Å²) in [4.78, 5) is 16.6. The summed E-state index contributed by atoms with van der Waals surface area (Å²) in [6, 6.07) is 10.8. The van der Waals surface area contributed by atoms with Gasteiger partial charge < -0.3 is 19.5 Å². The SMILES string of the molecule is COc1cc(C(=O)NCc2ccc(OCC(F)(F)F)cc2)ccc1OCc1cscn1. The van der Waals surface area contributed by atoms with Gasteiger partial charge >= 0.3 is 6.18 Å². The highest BCUT2D eigenvalue weighted by Crippen LogP contribution is 2.29. The molecule has 1 heterocycles. The number of hydrogen-bond acceptors (Lipinski definition) is 6. The lowest BCUT2D eigenvalue weighted by Crippen LogP contribution is -2.22. The quantitative estimate of drug-likeness (QED) is 0.514. The van der Waals surface area contributed by atoms with Crippen molar-refractivity contribution >= 4 is 17.2 Å². The lowest BCUT2D eigenvalue weighted by molar-refractivity contribution is -0.153. The largest absolute Gasteiger partial charge is 0.493 e. The molecule has 0 bridgehead atoms. The van der Waals surface area contributed by atoms with E-state index in [1.165, 1.54) is 30.6 Å². The van der Waals surface area contributed by atoms with Gasteiger partial charge in [0.15, 0.2) is 18.1 Å². The number of nitrogens with one attached hydrogen (secondary N) is 1. The van der Waals surface area contributed by atoms with Crippen molar-refractivity contribution in [3.63, 3.8) is 0 Å². The molecule has 0 saturated heterocycles. The minimum Gasteiger partial charge on any atom is -0.493 e. The van der Waals surface area contributed by atoms with E-state index in [4.69, 9.17) is 9.47 Å². The van der Waals surface area contributed by atoms with Crippen molar-refractivity contribution in [2.24, 2.45) is 0 Å². The minimum absolute atomic E-state index is 0.102. The minimum atomic E-state index is -4.39. The summed E-state index contributed by atoms with van der Waals surface area (Å²) in [6.07, 6.45) is -4.39. The zero-order valence-electron chi connectivity index (χ0n) is 16.4. The monoisotopic (exact) mass is 452 g/mol. The Morgan fingerprint density at radius 3 is 2.52 bits per heavy atom. The number of thiazole rings is 1. The van der Waals surface area contributed by atoms with Crippen molar-refractivity contribution in [1.29, 1.82) is 0 Å². The molecule has 0 aliphatic rings. The number of methoxy groups -OCH3 is 1. The summed E-state index contributed by atoms with van der Waals surface area (Å²) in [7, 11) is 1.48. The third kappa shape index (κ3) is 6.88. The van der Waals surface area contributed by atoms with Gasteiger partial charge in [-0.1, -0.05) is 12.1 Å². The highest BCUT2D eigenvalue weighted by atomic mass is 32.1. The maximum atomic E-state index is 12.5. The van der Waals surface area contributed by atoms with Crippen LogP contribution >= 0.6 is 11.3 Å². The topological polar surface area (TPSA) is 69.7 Å². The molecule has 0 unspecified atom stereocenters. The molecule has 1 N–H and O–H groups in total. The smallest absolute Gasteiger partial charge is 0.422 e. The van der Waals surface area contributed by atoms with Crippen LogP contribution < -0.4 is 19.5 Å². The molecule has 0 fully saturated rings. The number of hydrogen-bond donors (Lipinski definition) is 1. The van der Waals surface area contributed by atoms with Crippen molar-refractivity contribution in [2.45, 2.75) is 19.3 Å². The standard InChI is InChI=1S/C21H19F3N2O4S/c1-28-19-8-15(4-7-18(19)29-10-16-11-31-13-26-16)20(27)25-9-14-2-5-17(6-3-14)30-12-21(22,23)24/h2-8,11,13H,9-10,12H2,1H3,(H,25,27). The van der Waals surface area contributed by atoms with Crippen LogP contribution in [-0.2, 0) is 13.2 Å². The molecule has 31 heavy (non-hydrogen) atoms. The van der Waals surface area contributed by atoms with Gasteiger partial charge in [0, 0.05) is 17.5 Å². The van der Waals surface area contributed by atoms with E-state index in [1.54, 1.807) is 35.8 Å². The number of carbonyl (C=O) groups excluding carboxylic acids is 1. The lowest BCUT2D eigenvalue weighted by atomic mass is 10.1. The van der Waals surface area contributed by atoms with Crippen LogP contribution in [0.1, 0.15) is 21.6 Å². The van der Waals surface area contributed by atoms with Crippen LogP contribution in [0.5, 0.6) is 17.2 Å². The van der Waals surface area contributed by atoms with E-state index in [1.807, 2.05) is 5.38 Å². The van der Waals surface area contributed by atoms with Crippen molar-refractivity contribution in [1.82, 2.24) is 10.3 Å². The third-order valence-electron chi connectivity index (χ3n) is 4.06. The Hall–Kier alpha value is -3.27. The van der Waals surface area contributed by atoms with Crippen LogP contribution in [-0.4, -0.2) is 30.8 Å². The van der Waals surface area contributed by atoms with Gasteiger partial charge in [-0.05, 0) is 35.9 Å². The Kier molecular flexibility index (Phi) is 7.35. The maximum absolute atomic E-state index is 12.5. The van der Waals surface area contributed by atoms with Crippen LogP contribution in [0, 0.1) is 0 Å². The van der Waals surface area contributed by atoms with Crippen LogP contribution in [0.15, 0.2) is 53.4 Å². The predicted molar refractivity (Wildman–Crippen MR) is 109 cm³/mol. The molecule has 0 aliphatic heterocycles. The average molecular weight is 452 g/mol. The summed E-state index contributed by atoms with van der Waals surface area (Å²) in [5.74, 6) is 0.669. The Balaban J connectivity index is 1.55. The Labute approximate surface area is 180 Å². The van der Waals surface area contributed by atoms with E-state index in [9.17, 15) is 18.0 Å². The molecule has 10 heteroatoms. The van der Waals surface area contributed by atoms with Crippen molar-refractivity contribution in [3.05, 3.63) is 70.2 Å². The molecule has 0 spiro atoms. The van der Waals surface area contributed by atoms with E-state index in [2.05, 4.69) is 15.0 Å². The van der Waals surface area contributed by atoms with Crippen molar-refractivity contribution < 1.29 is 32.2 Å². The fourth-order valence-corrected chi connectivity index (χ4v) is 3.08. The van der Waals surface area contributed by atoms with E-state index in [-0.39, 0.29) is 24.8 Å². The highest BCUT2D eigenvalue weighted by Gasteiger charge is 2.28. The zero-order chi connectivity index (χ0) is 22.3. The van der Waals surface area contributed by atoms with Crippen LogP contribution in [0.25, 0.3) is 0 Å². The second-order valence-electron chi connectivity index (χ2n) is 6.36. The molecule has 164 valence electrons. The first-order valence-corrected chi connectivity index (χ1v) is 10.0. The molecular weight excluding hydrogens is 433 g/mol. The van der Waals surface area contributed by atoms with Gasteiger partial charge in [0.05, 0.1) is 18.3 Å². The Morgan fingerprint density at radius 2 is 1.87 bits per heavy atom. The molecule has 3 aromatic rings. The number of rotatable bonds is 9. The first-order chi connectivity index (χ1) is 14.8. The predicted octanol–water partition coefficient (Wildman–Crippen LogP) is 4.60. The van der Waals surface area contributed by atoms with Gasteiger partial charge in [0.1, 0.15) is 12.4 Å². The number of ether oxygens (including phenoxy) is 3. The molecule has 2 aromatic carbocycles. The fraction of sp³-hybridized carbons (Fsp3) is 0.238. The molecule has 0 saturated carbocycles. The molecule has 1 amide bonds. The normalized spacial score (nSPS) is 11.1. The van der Waals surface area contributed by atoms with Gasteiger partial charge in [-0.2, -0.15) is 13.2 Å². The second kappa shape index (κ2) is 10.2. The second-order valence-corrected chi connectivity index (χ2v) is 7.08. The molecule has 0 aliphatic carbocycles. The summed E-state index contributed by atoms with van der Waals surface area (Å²) >= 11 is 1.47. The van der Waals surface area contributed by atoms with Gasteiger partial charge in [0.25, 0.3) is 5.91 Å². The number of amides is 1. The number of carbonyl (C=O) groups is 1. The number of aromatic nitrogens is 1. The Morgan fingerprint density at radius 1 is 1.10 bits per heavy atom. The number of nitrogens with zero attached hydrogens (tertiary/aromatic N) is 1. The number of alkyl halides is 3. The average Bonchev–Trinajstić information content (AvgIpc) is 3.28. The van der Waals surface area contributed by atoms with Crippen LogP contribution in [0.2, 0.25) is 0 Å². The highest BCUT2D eigenvalue weighted by molar-refractivity contribution is 7.07. The zero-order valence-corrected chi connectivity index (χ0v) is 17.3. The number of benzene rings is 2. The summed E-state index contributed by atoms with van der Waals surface area (Å²) < 4.78 is 52.2.